The van der Waals surface area contributed by atoms with Crippen LogP contribution in [-0.4, -0.2) is 62.2 Å². The number of guanidine groups is 1. The fraction of sp³-hybridized carbons (Fsp3) is 0.684. The first-order valence-electron chi connectivity index (χ1n) is 10.0. The number of ether oxygens (including phenoxy) is 1. The molecule has 164 valence electrons. The maximum atomic E-state index is 12.0. The molecule has 1 saturated heterocycles. The summed E-state index contributed by atoms with van der Waals surface area (Å²) in [6.45, 7) is 4.16. The smallest absolute Gasteiger partial charge is 0.213 e. The molecule has 1 aromatic rings. The lowest BCUT2D eigenvalue weighted by molar-refractivity contribution is 0.288. The quantitative estimate of drug-likeness (QED) is 0.299. The summed E-state index contributed by atoms with van der Waals surface area (Å²) in [4.78, 5) is 8.55. The van der Waals surface area contributed by atoms with Crippen LogP contribution in [-0.2, 0) is 16.6 Å². The summed E-state index contributed by atoms with van der Waals surface area (Å²) in [5.74, 6) is 2.24. The van der Waals surface area contributed by atoms with Crippen LogP contribution in [0.15, 0.2) is 23.3 Å². The van der Waals surface area contributed by atoms with Gasteiger partial charge in [-0.2, -0.15) is 0 Å². The third-order valence-electron chi connectivity index (χ3n) is 5.20. The van der Waals surface area contributed by atoms with E-state index >= 15 is 0 Å². The Kier molecular flexibility index (Phi) is 9.41. The summed E-state index contributed by atoms with van der Waals surface area (Å²) in [6, 6.07) is 4.12. The van der Waals surface area contributed by atoms with Gasteiger partial charge in [0.2, 0.25) is 15.9 Å². The normalized spacial score (nSPS) is 18.8. The van der Waals surface area contributed by atoms with Gasteiger partial charge in [-0.3, -0.25) is 4.99 Å². The van der Waals surface area contributed by atoms with E-state index < -0.39 is 10.0 Å². The number of nitrogens with zero attached hydrogens (tertiary/aromatic N) is 3. The highest BCUT2D eigenvalue weighted by molar-refractivity contribution is 14.0. The number of aromatic nitrogens is 1. The van der Waals surface area contributed by atoms with Crippen molar-refractivity contribution in [1.82, 2.24) is 19.9 Å². The van der Waals surface area contributed by atoms with Crippen LogP contribution in [0, 0.1) is 5.92 Å². The van der Waals surface area contributed by atoms with Crippen molar-refractivity contribution < 1.29 is 13.2 Å². The molecule has 1 aliphatic heterocycles. The molecule has 1 aliphatic carbocycles. The first-order valence-corrected chi connectivity index (χ1v) is 11.6. The van der Waals surface area contributed by atoms with E-state index in [0.29, 0.717) is 37.4 Å². The van der Waals surface area contributed by atoms with Crippen LogP contribution >= 0.6 is 24.0 Å². The highest BCUT2D eigenvalue weighted by Crippen LogP contribution is 2.29. The van der Waals surface area contributed by atoms with Crippen molar-refractivity contribution in [1.29, 1.82) is 0 Å². The Morgan fingerprint density at radius 3 is 2.66 bits per heavy atom. The van der Waals surface area contributed by atoms with Crippen LogP contribution < -0.4 is 15.4 Å². The summed E-state index contributed by atoms with van der Waals surface area (Å²) in [6.07, 6.45) is 5.82. The van der Waals surface area contributed by atoms with Crippen molar-refractivity contribution in [2.45, 2.75) is 45.2 Å². The molecule has 0 atom stereocenters. The van der Waals surface area contributed by atoms with Gasteiger partial charge in [-0.05, 0) is 50.2 Å². The number of halogens is 1. The van der Waals surface area contributed by atoms with Gasteiger partial charge >= 0.3 is 0 Å². The van der Waals surface area contributed by atoms with Crippen molar-refractivity contribution in [3.05, 3.63) is 23.9 Å². The molecule has 0 aromatic carbocycles. The maximum Gasteiger partial charge on any atom is 0.213 e. The largest absolute Gasteiger partial charge is 0.477 e. The van der Waals surface area contributed by atoms with Crippen molar-refractivity contribution in [2.24, 2.45) is 10.9 Å². The topological polar surface area (TPSA) is 95.9 Å². The molecule has 8 nitrogen and oxygen atoms in total. The van der Waals surface area contributed by atoms with Crippen molar-refractivity contribution in [3.8, 4) is 5.88 Å². The Balaban J connectivity index is 0.00000300. The molecule has 1 saturated carbocycles. The second-order valence-electron chi connectivity index (χ2n) is 7.40. The van der Waals surface area contributed by atoms with Crippen LogP contribution in [0.4, 0.5) is 0 Å². The zero-order valence-electron chi connectivity index (χ0n) is 17.1. The Bertz CT molecular complexity index is 778. The minimum atomic E-state index is -3.09. The van der Waals surface area contributed by atoms with Crippen molar-refractivity contribution in [3.63, 3.8) is 0 Å². The Morgan fingerprint density at radius 1 is 1.31 bits per heavy atom. The summed E-state index contributed by atoms with van der Waals surface area (Å²) in [5, 5.41) is 6.71. The second-order valence-corrected chi connectivity index (χ2v) is 9.66. The average molecular weight is 537 g/mol. The van der Waals surface area contributed by atoms with E-state index in [0.717, 1.165) is 25.0 Å². The molecule has 2 aliphatic rings. The van der Waals surface area contributed by atoms with E-state index in [4.69, 9.17) is 4.74 Å². The van der Waals surface area contributed by atoms with E-state index in [1.165, 1.54) is 12.8 Å². The summed E-state index contributed by atoms with van der Waals surface area (Å²) >= 11 is 0. The molecule has 1 aromatic heterocycles. The predicted molar refractivity (Wildman–Crippen MR) is 125 cm³/mol. The lowest BCUT2D eigenvalue weighted by Crippen LogP contribution is -2.49. The number of pyridine rings is 1. The number of sulfonamides is 1. The molecular formula is C19H32IN5O3S. The number of aliphatic imine (C=N–C) groups is 1. The highest BCUT2D eigenvalue weighted by atomic mass is 127. The predicted octanol–water partition coefficient (Wildman–Crippen LogP) is 1.97. The number of hydrogen-bond acceptors (Lipinski definition) is 5. The SMILES string of the molecule is CCS(=O)(=O)N1CCC(NC(=NC)NCc2ccnc(OCC3CC3)c2)CC1.I. The third kappa shape index (κ3) is 7.56. The standard InChI is InChI=1S/C19H31N5O3S.HI/c1-3-28(25,26)24-10-7-17(8-11-24)23-19(20-2)22-13-16-6-9-21-18(12-16)27-14-15-4-5-15;/h6,9,12,15,17H,3-5,7-8,10-11,13-14H2,1-2H3,(H2,20,22,23);1H. The molecule has 0 radical (unpaired) electrons. The van der Waals surface area contributed by atoms with Crippen LogP contribution in [0.1, 0.15) is 38.2 Å². The fourth-order valence-electron chi connectivity index (χ4n) is 3.16. The zero-order valence-corrected chi connectivity index (χ0v) is 20.3. The van der Waals surface area contributed by atoms with Gasteiger partial charge in [0.1, 0.15) is 0 Å². The molecule has 29 heavy (non-hydrogen) atoms. The summed E-state index contributed by atoms with van der Waals surface area (Å²) in [5.41, 5.74) is 1.08. The van der Waals surface area contributed by atoms with Crippen molar-refractivity contribution in [2.75, 3.05) is 32.5 Å². The Labute approximate surface area is 191 Å². The molecule has 0 bridgehead atoms. The monoisotopic (exact) mass is 537 g/mol. The minimum Gasteiger partial charge on any atom is -0.477 e. The first-order chi connectivity index (χ1) is 13.5. The van der Waals surface area contributed by atoms with Gasteiger partial charge in [0.25, 0.3) is 0 Å². The van der Waals surface area contributed by atoms with Crippen LogP contribution in [0.5, 0.6) is 5.88 Å². The number of piperidine rings is 1. The van der Waals surface area contributed by atoms with E-state index in [1.807, 2.05) is 12.1 Å². The van der Waals surface area contributed by atoms with Gasteiger partial charge in [-0.1, -0.05) is 0 Å². The number of hydrogen-bond donors (Lipinski definition) is 2. The lowest BCUT2D eigenvalue weighted by atomic mass is 10.1. The van der Waals surface area contributed by atoms with Crippen LogP contribution in [0.2, 0.25) is 0 Å². The zero-order chi connectivity index (χ0) is 20.0. The Morgan fingerprint density at radius 2 is 2.03 bits per heavy atom. The van der Waals surface area contributed by atoms with Crippen LogP contribution in [0.25, 0.3) is 0 Å². The minimum absolute atomic E-state index is 0. The fourth-order valence-corrected chi connectivity index (χ4v) is 4.29. The van der Waals surface area contributed by atoms with Gasteiger partial charge in [-0.25, -0.2) is 17.7 Å². The lowest BCUT2D eigenvalue weighted by Gasteiger charge is -2.32. The van der Waals surface area contributed by atoms with Gasteiger partial charge < -0.3 is 15.4 Å². The molecule has 2 N–H and O–H groups in total. The molecule has 0 unspecified atom stereocenters. The number of nitrogens with one attached hydrogen (secondary N) is 2. The molecule has 2 fully saturated rings. The van der Waals surface area contributed by atoms with Gasteiger partial charge in [0.05, 0.1) is 12.4 Å². The van der Waals surface area contributed by atoms with Gasteiger partial charge in [0, 0.05) is 45.0 Å². The van der Waals surface area contributed by atoms with E-state index in [2.05, 4.69) is 20.6 Å². The first kappa shape index (κ1) is 24.1. The van der Waals surface area contributed by atoms with Gasteiger partial charge in [0.15, 0.2) is 5.96 Å². The molecule has 0 amide bonds. The third-order valence-corrected chi connectivity index (χ3v) is 7.08. The molecule has 10 heteroatoms. The maximum absolute atomic E-state index is 12.0. The molecule has 2 heterocycles. The summed E-state index contributed by atoms with van der Waals surface area (Å²) < 4.78 is 31.3. The van der Waals surface area contributed by atoms with E-state index in [-0.39, 0.29) is 35.8 Å². The molecule has 0 spiro atoms. The van der Waals surface area contributed by atoms with Gasteiger partial charge in [-0.15, -0.1) is 24.0 Å². The average Bonchev–Trinajstić information content (AvgIpc) is 3.55. The second kappa shape index (κ2) is 11.3. The Hall–Kier alpha value is -1.14. The van der Waals surface area contributed by atoms with Crippen molar-refractivity contribution >= 4 is 40.0 Å². The number of rotatable bonds is 8. The van der Waals surface area contributed by atoms with E-state index in [9.17, 15) is 8.42 Å². The molecule has 3 rings (SSSR count). The summed E-state index contributed by atoms with van der Waals surface area (Å²) in [7, 11) is -1.35. The highest BCUT2D eigenvalue weighted by Gasteiger charge is 2.27. The van der Waals surface area contributed by atoms with E-state index in [1.54, 1.807) is 24.5 Å². The van der Waals surface area contributed by atoms with Crippen LogP contribution in [0.3, 0.4) is 0 Å². The molecular weight excluding hydrogens is 505 g/mol.